The molecule has 1 aromatic rings. The smallest absolute Gasteiger partial charge is 0.246 e. The van der Waals surface area contributed by atoms with E-state index in [0.29, 0.717) is 18.1 Å². The van der Waals surface area contributed by atoms with Crippen molar-refractivity contribution in [3.05, 3.63) is 27.2 Å². The Hall–Kier alpha value is -0.0400. The van der Waals surface area contributed by atoms with Crippen LogP contribution in [0.4, 0.5) is 0 Å². The highest BCUT2D eigenvalue weighted by atomic mass is 35.5. The molecule has 1 N–H and O–H groups in total. The van der Waals surface area contributed by atoms with Gasteiger partial charge in [-0.2, -0.15) is 4.31 Å². The minimum atomic E-state index is -3.75. The normalized spacial score (nSPS) is 19.4. The lowest BCUT2D eigenvalue weighted by Crippen LogP contribution is -2.42. The van der Waals surface area contributed by atoms with E-state index >= 15 is 0 Å². The van der Waals surface area contributed by atoms with E-state index in [1.54, 1.807) is 0 Å². The van der Waals surface area contributed by atoms with Crippen LogP contribution in [0.25, 0.3) is 0 Å². The Morgan fingerprint density at radius 3 is 2.38 bits per heavy atom. The molecule has 1 aliphatic rings. The molecule has 0 aliphatic carbocycles. The highest BCUT2D eigenvalue weighted by Gasteiger charge is 2.35. The van der Waals surface area contributed by atoms with Gasteiger partial charge in [0.2, 0.25) is 10.0 Å². The maximum Gasteiger partial charge on any atom is 0.246 e. The van der Waals surface area contributed by atoms with Gasteiger partial charge in [0, 0.05) is 24.2 Å². The van der Waals surface area contributed by atoms with E-state index in [-0.39, 0.29) is 21.0 Å². The summed E-state index contributed by atoms with van der Waals surface area (Å²) in [5, 5.41) is 3.60. The fraction of sp³-hybridized carbons (Fsp3) is 0.538. The van der Waals surface area contributed by atoms with E-state index in [1.807, 2.05) is 6.92 Å². The van der Waals surface area contributed by atoms with Gasteiger partial charge in [-0.05, 0) is 31.5 Å². The third kappa shape index (κ3) is 3.66. The number of halogens is 3. The largest absolute Gasteiger partial charge is 0.315 e. The van der Waals surface area contributed by atoms with Crippen molar-refractivity contribution in [3.8, 4) is 0 Å². The fourth-order valence-electron chi connectivity index (χ4n) is 2.50. The second-order valence-electron chi connectivity index (χ2n) is 4.96. The van der Waals surface area contributed by atoms with Crippen molar-refractivity contribution in [2.45, 2.75) is 30.7 Å². The summed E-state index contributed by atoms with van der Waals surface area (Å²) in [5.41, 5.74) is 0. The first kappa shape index (κ1) is 17.3. The summed E-state index contributed by atoms with van der Waals surface area (Å²) in [7, 11) is -3.75. The Bertz CT molecular complexity index is 593. The van der Waals surface area contributed by atoms with E-state index in [9.17, 15) is 8.42 Å². The number of sulfonamides is 1. The molecule has 1 atom stereocenters. The summed E-state index contributed by atoms with van der Waals surface area (Å²) in [4.78, 5) is -0.0596. The molecule has 118 valence electrons. The minimum absolute atomic E-state index is 0.0551. The van der Waals surface area contributed by atoms with E-state index in [0.717, 1.165) is 19.4 Å². The molecule has 2 rings (SSSR count). The molecule has 21 heavy (non-hydrogen) atoms. The Morgan fingerprint density at radius 2 is 1.90 bits per heavy atom. The molecule has 1 saturated heterocycles. The first-order valence-corrected chi connectivity index (χ1v) is 9.32. The molecule has 1 aromatic carbocycles. The van der Waals surface area contributed by atoms with Crippen LogP contribution in [0.1, 0.15) is 19.8 Å². The maximum absolute atomic E-state index is 12.9. The molecular formula is C13H17Cl3N2O2S. The van der Waals surface area contributed by atoms with Crippen molar-refractivity contribution < 1.29 is 8.42 Å². The quantitative estimate of drug-likeness (QED) is 0.863. The predicted octanol–water partition coefficient (Wildman–Crippen LogP) is 3.41. The van der Waals surface area contributed by atoms with Crippen LogP contribution in [0.5, 0.6) is 0 Å². The zero-order valence-corrected chi connectivity index (χ0v) is 14.7. The lowest BCUT2D eigenvalue weighted by Gasteiger charge is -2.28. The summed E-state index contributed by atoms with van der Waals surface area (Å²) in [5.74, 6) is 0. The summed E-state index contributed by atoms with van der Waals surface area (Å²) in [6.45, 7) is 3.82. The van der Waals surface area contributed by atoms with Crippen molar-refractivity contribution in [2.75, 3.05) is 19.6 Å². The lowest BCUT2D eigenvalue weighted by molar-refractivity contribution is 0.335. The van der Waals surface area contributed by atoms with Gasteiger partial charge in [-0.1, -0.05) is 41.7 Å². The predicted molar refractivity (Wildman–Crippen MR) is 86.9 cm³/mol. The number of nitrogens with zero attached hydrogens (tertiary/aromatic N) is 1. The van der Waals surface area contributed by atoms with Gasteiger partial charge >= 0.3 is 0 Å². The molecule has 0 radical (unpaired) electrons. The summed E-state index contributed by atoms with van der Waals surface area (Å²) < 4.78 is 27.4. The van der Waals surface area contributed by atoms with Gasteiger partial charge in [0.1, 0.15) is 4.90 Å². The summed E-state index contributed by atoms with van der Waals surface area (Å²) in [6.07, 6.45) is 1.50. The Balaban J connectivity index is 2.48. The van der Waals surface area contributed by atoms with Gasteiger partial charge in [0.15, 0.2) is 0 Å². The van der Waals surface area contributed by atoms with Crippen molar-refractivity contribution in [1.29, 1.82) is 0 Å². The molecular weight excluding hydrogens is 355 g/mol. The van der Waals surface area contributed by atoms with Gasteiger partial charge in [-0.15, -0.1) is 0 Å². The number of benzene rings is 1. The molecule has 0 saturated carbocycles. The molecule has 1 heterocycles. The summed E-state index contributed by atoms with van der Waals surface area (Å²) >= 11 is 18.0. The van der Waals surface area contributed by atoms with Gasteiger partial charge in [-0.25, -0.2) is 8.42 Å². The Morgan fingerprint density at radius 1 is 1.29 bits per heavy atom. The monoisotopic (exact) mass is 370 g/mol. The zero-order chi connectivity index (χ0) is 15.6. The number of nitrogens with one attached hydrogen (secondary N) is 1. The topological polar surface area (TPSA) is 49.4 Å². The van der Waals surface area contributed by atoms with Crippen LogP contribution >= 0.6 is 34.8 Å². The first-order valence-electron chi connectivity index (χ1n) is 6.75. The van der Waals surface area contributed by atoms with E-state index < -0.39 is 10.0 Å². The van der Waals surface area contributed by atoms with E-state index in [2.05, 4.69) is 5.32 Å². The number of hydrogen-bond donors (Lipinski definition) is 1. The van der Waals surface area contributed by atoms with Crippen molar-refractivity contribution in [1.82, 2.24) is 9.62 Å². The molecule has 0 bridgehead atoms. The van der Waals surface area contributed by atoms with Crippen LogP contribution in [-0.2, 0) is 10.0 Å². The molecule has 4 nitrogen and oxygen atoms in total. The molecule has 8 heteroatoms. The average Bonchev–Trinajstić information content (AvgIpc) is 2.87. The van der Waals surface area contributed by atoms with Crippen LogP contribution in [0.3, 0.4) is 0 Å². The van der Waals surface area contributed by atoms with Crippen LogP contribution in [0, 0.1) is 0 Å². The van der Waals surface area contributed by atoms with Gasteiger partial charge in [0.25, 0.3) is 0 Å². The fourth-order valence-corrected chi connectivity index (χ4v) is 5.74. The Kier molecular flexibility index (Phi) is 5.79. The molecule has 1 aliphatic heterocycles. The third-order valence-electron chi connectivity index (χ3n) is 3.42. The van der Waals surface area contributed by atoms with Crippen molar-refractivity contribution in [2.24, 2.45) is 0 Å². The molecule has 0 aromatic heterocycles. The number of hydrogen-bond acceptors (Lipinski definition) is 3. The number of rotatable bonds is 5. The van der Waals surface area contributed by atoms with Crippen molar-refractivity contribution >= 4 is 44.8 Å². The lowest BCUT2D eigenvalue weighted by atomic mass is 10.2. The van der Waals surface area contributed by atoms with Crippen LogP contribution < -0.4 is 5.32 Å². The van der Waals surface area contributed by atoms with Crippen molar-refractivity contribution in [3.63, 3.8) is 0 Å². The van der Waals surface area contributed by atoms with E-state index in [4.69, 9.17) is 34.8 Å². The summed E-state index contributed by atoms with van der Waals surface area (Å²) in [6, 6.07) is 2.73. The standard InChI is InChI=1S/C13H17Cl3N2O2S/c1-2-5-18(10-3-4-17-8-10)21(19,20)13-11(15)6-9(14)7-12(13)16/h6-7,10,17H,2-5,8H2,1H3. The maximum atomic E-state index is 12.9. The second kappa shape index (κ2) is 7.02. The first-order chi connectivity index (χ1) is 9.87. The van der Waals surface area contributed by atoms with Crippen LogP contribution in [0.15, 0.2) is 17.0 Å². The molecule has 1 fully saturated rings. The van der Waals surface area contributed by atoms with Gasteiger partial charge in [-0.3, -0.25) is 0 Å². The average molecular weight is 372 g/mol. The highest BCUT2D eigenvalue weighted by molar-refractivity contribution is 7.89. The SMILES string of the molecule is CCCN(C1CCNC1)S(=O)(=O)c1c(Cl)cc(Cl)cc1Cl. The van der Waals surface area contributed by atoms with Gasteiger partial charge in [0.05, 0.1) is 10.0 Å². The van der Waals surface area contributed by atoms with Gasteiger partial charge < -0.3 is 5.32 Å². The molecule has 0 amide bonds. The molecule has 1 unspecified atom stereocenters. The Labute approximate surface area is 140 Å². The van der Waals surface area contributed by atoms with Crippen LogP contribution in [-0.4, -0.2) is 38.4 Å². The van der Waals surface area contributed by atoms with Crippen LogP contribution in [0.2, 0.25) is 15.1 Å². The minimum Gasteiger partial charge on any atom is -0.315 e. The third-order valence-corrected chi connectivity index (χ3v) is 6.51. The van der Waals surface area contributed by atoms with E-state index in [1.165, 1.54) is 16.4 Å². The second-order valence-corrected chi connectivity index (χ2v) is 8.04. The highest BCUT2D eigenvalue weighted by Crippen LogP contribution is 2.35. The molecule has 0 spiro atoms. The zero-order valence-electron chi connectivity index (χ0n) is 11.6.